The molecule has 2 heterocycles. The van der Waals surface area contributed by atoms with Gasteiger partial charge in [0, 0.05) is 25.0 Å². The minimum Gasteiger partial charge on any atom is -0.451 e. The van der Waals surface area contributed by atoms with Crippen LogP contribution in [0.15, 0.2) is 29.1 Å². The van der Waals surface area contributed by atoms with Gasteiger partial charge in [0.05, 0.1) is 5.39 Å². The van der Waals surface area contributed by atoms with E-state index in [9.17, 15) is 14.4 Å². The molecule has 132 valence electrons. The lowest BCUT2D eigenvalue weighted by Gasteiger charge is -2.26. The number of aromatic nitrogens is 2. The summed E-state index contributed by atoms with van der Waals surface area (Å²) in [5.41, 5.74) is -0.192. The Hall–Kier alpha value is -2.70. The molecule has 25 heavy (non-hydrogen) atoms. The van der Waals surface area contributed by atoms with Crippen LogP contribution in [0.2, 0.25) is 0 Å². The van der Waals surface area contributed by atoms with Crippen LogP contribution in [0.3, 0.4) is 0 Å². The standard InChI is InChI=1S/C18H21N3O4/c1-2-21-17(23)14-9-5-4-8-13(14)16(19-21)18(24)25-12-15(22)20-10-6-3-7-11-20/h4-5,8-9H,2-3,6-7,10-12H2,1H3. The van der Waals surface area contributed by atoms with Gasteiger partial charge in [-0.25, -0.2) is 9.48 Å². The average Bonchev–Trinajstić information content (AvgIpc) is 2.67. The number of aryl methyl sites for hydroxylation is 1. The number of carbonyl (C=O) groups is 2. The van der Waals surface area contributed by atoms with E-state index in [0.717, 1.165) is 19.3 Å². The molecule has 0 bridgehead atoms. The highest BCUT2D eigenvalue weighted by atomic mass is 16.5. The van der Waals surface area contributed by atoms with Gasteiger partial charge in [0.15, 0.2) is 12.3 Å². The van der Waals surface area contributed by atoms with Crippen molar-refractivity contribution < 1.29 is 14.3 Å². The quantitative estimate of drug-likeness (QED) is 0.788. The number of fused-ring (bicyclic) bond motifs is 1. The number of rotatable bonds is 4. The van der Waals surface area contributed by atoms with Crippen molar-refractivity contribution in [2.75, 3.05) is 19.7 Å². The Bertz CT molecular complexity index is 853. The van der Waals surface area contributed by atoms with Gasteiger partial charge in [-0.15, -0.1) is 0 Å². The van der Waals surface area contributed by atoms with Crippen molar-refractivity contribution in [3.05, 3.63) is 40.3 Å². The summed E-state index contributed by atoms with van der Waals surface area (Å²) < 4.78 is 6.41. The molecule has 1 aliphatic rings. The Labute approximate surface area is 145 Å². The lowest BCUT2D eigenvalue weighted by Crippen LogP contribution is -2.38. The lowest BCUT2D eigenvalue weighted by molar-refractivity contribution is -0.135. The second-order valence-electron chi connectivity index (χ2n) is 6.03. The van der Waals surface area contributed by atoms with Crippen LogP contribution in [-0.2, 0) is 16.1 Å². The number of nitrogens with zero attached hydrogens (tertiary/aromatic N) is 3. The fourth-order valence-electron chi connectivity index (χ4n) is 3.03. The fraction of sp³-hybridized carbons (Fsp3) is 0.444. The van der Waals surface area contributed by atoms with Crippen LogP contribution in [0.5, 0.6) is 0 Å². The number of hydrogen-bond donors (Lipinski definition) is 0. The van der Waals surface area contributed by atoms with Crippen LogP contribution in [0, 0.1) is 0 Å². The molecule has 7 nitrogen and oxygen atoms in total. The smallest absolute Gasteiger partial charge is 0.359 e. The van der Waals surface area contributed by atoms with E-state index in [1.165, 1.54) is 4.68 Å². The number of esters is 1. The van der Waals surface area contributed by atoms with Crippen molar-refractivity contribution in [1.82, 2.24) is 14.7 Å². The fourth-order valence-corrected chi connectivity index (χ4v) is 3.03. The van der Waals surface area contributed by atoms with Crippen molar-refractivity contribution >= 4 is 22.6 Å². The van der Waals surface area contributed by atoms with E-state index in [2.05, 4.69) is 5.10 Å². The van der Waals surface area contributed by atoms with Gasteiger partial charge in [0.2, 0.25) is 0 Å². The molecule has 0 unspecified atom stereocenters. The third-order valence-corrected chi connectivity index (χ3v) is 4.40. The zero-order chi connectivity index (χ0) is 17.8. The summed E-state index contributed by atoms with van der Waals surface area (Å²) in [6.45, 7) is 3.23. The highest BCUT2D eigenvalue weighted by Gasteiger charge is 2.21. The van der Waals surface area contributed by atoms with Gasteiger partial charge in [-0.1, -0.05) is 18.2 Å². The molecule has 3 rings (SSSR count). The first-order valence-electron chi connectivity index (χ1n) is 8.56. The van der Waals surface area contributed by atoms with E-state index in [-0.39, 0.29) is 23.8 Å². The minimum absolute atomic E-state index is 0.0588. The van der Waals surface area contributed by atoms with Crippen LogP contribution >= 0.6 is 0 Å². The van der Waals surface area contributed by atoms with Crippen molar-refractivity contribution in [2.45, 2.75) is 32.7 Å². The molecule has 0 aliphatic carbocycles. The molecule has 0 spiro atoms. The Morgan fingerprint density at radius 1 is 1.12 bits per heavy atom. The Morgan fingerprint density at radius 3 is 2.48 bits per heavy atom. The van der Waals surface area contributed by atoms with Crippen LogP contribution in [0.1, 0.15) is 36.7 Å². The Kier molecular flexibility index (Phi) is 5.11. The molecule has 1 aromatic heterocycles. The molecule has 2 aromatic rings. The summed E-state index contributed by atoms with van der Waals surface area (Å²) in [7, 11) is 0. The largest absolute Gasteiger partial charge is 0.451 e. The van der Waals surface area contributed by atoms with Crippen LogP contribution in [0.4, 0.5) is 0 Å². The van der Waals surface area contributed by atoms with E-state index in [1.54, 1.807) is 36.1 Å². The summed E-state index contributed by atoms with van der Waals surface area (Å²) in [5.74, 6) is -0.884. The number of amides is 1. The maximum absolute atomic E-state index is 12.5. The third kappa shape index (κ3) is 3.55. The molecule has 1 aliphatic heterocycles. The molecular formula is C18H21N3O4. The SMILES string of the molecule is CCn1nc(C(=O)OCC(=O)N2CCCCC2)c2ccccc2c1=O. The number of likely N-dealkylation sites (tertiary alicyclic amines) is 1. The maximum atomic E-state index is 12.5. The predicted octanol–water partition coefficient (Wildman–Crippen LogP) is 1.59. The van der Waals surface area contributed by atoms with E-state index in [1.807, 2.05) is 0 Å². The summed E-state index contributed by atoms with van der Waals surface area (Å²) in [6, 6.07) is 6.78. The van der Waals surface area contributed by atoms with Crippen molar-refractivity contribution in [2.24, 2.45) is 0 Å². The zero-order valence-corrected chi connectivity index (χ0v) is 14.2. The molecule has 1 saturated heterocycles. The van der Waals surface area contributed by atoms with Crippen LogP contribution < -0.4 is 5.56 Å². The van der Waals surface area contributed by atoms with Gasteiger partial charge in [0.25, 0.3) is 11.5 Å². The molecule has 1 fully saturated rings. The maximum Gasteiger partial charge on any atom is 0.359 e. The zero-order valence-electron chi connectivity index (χ0n) is 14.2. The van der Waals surface area contributed by atoms with Crippen LogP contribution in [0.25, 0.3) is 10.8 Å². The average molecular weight is 343 g/mol. The van der Waals surface area contributed by atoms with Crippen LogP contribution in [-0.4, -0.2) is 46.3 Å². The van der Waals surface area contributed by atoms with Gasteiger partial charge in [0.1, 0.15) is 0 Å². The molecule has 0 atom stereocenters. The molecule has 0 N–H and O–H groups in total. The number of carbonyl (C=O) groups excluding carboxylic acids is 2. The second-order valence-corrected chi connectivity index (χ2v) is 6.03. The lowest BCUT2D eigenvalue weighted by atomic mass is 10.1. The first-order chi connectivity index (χ1) is 12.1. The predicted molar refractivity (Wildman–Crippen MR) is 92.4 cm³/mol. The van der Waals surface area contributed by atoms with E-state index < -0.39 is 5.97 Å². The van der Waals surface area contributed by atoms with Gasteiger partial charge in [-0.3, -0.25) is 9.59 Å². The number of hydrogen-bond acceptors (Lipinski definition) is 5. The Morgan fingerprint density at radius 2 is 1.80 bits per heavy atom. The highest BCUT2D eigenvalue weighted by molar-refractivity contribution is 6.02. The minimum atomic E-state index is -0.691. The first-order valence-corrected chi connectivity index (χ1v) is 8.56. The van der Waals surface area contributed by atoms with E-state index in [4.69, 9.17) is 4.74 Å². The van der Waals surface area contributed by atoms with Gasteiger partial charge < -0.3 is 9.64 Å². The topological polar surface area (TPSA) is 81.5 Å². The molecule has 0 radical (unpaired) electrons. The Balaban J connectivity index is 1.81. The van der Waals surface area contributed by atoms with Gasteiger partial charge in [-0.05, 0) is 32.3 Å². The normalized spacial score (nSPS) is 14.5. The summed E-state index contributed by atoms with van der Waals surface area (Å²) in [6.07, 6.45) is 3.08. The molecule has 7 heteroatoms. The van der Waals surface area contributed by atoms with Gasteiger partial charge >= 0.3 is 5.97 Å². The van der Waals surface area contributed by atoms with Crippen molar-refractivity contribution in [1.29, 1.82) is 0 Å². The second kappa shape index (κ2) is 7.46. The molecule has 1 aromatic carbocycles. The van der Waals surface area contributed by atoms with E-state index >= 15 is 0 Å². The third-order valence-electron chi connectivity index (χ3n) is 4.40. The number of piperidine rings is 1. The van der Waals surface area contributed by atoms with Crippen molar-refractivity contribution in [3.63, 3.8) is 0 Å². The first kappa shape index (κ1) is 17.1. The van der Waals surface area contributed by atoms with Crippen molar-refractivity contribution in [3.8, 4) is 0 Å². The highest BCUT2D eigenvalue weighted by Crippen LogP contribution is 2.15. The van der Waals surface area contributed by atoms with Gasteiger partial charge in [-0.2, -0.15) is 5.10 Å². The monoisotopic (exact) mass is 343 g/mol. The van der Waals surface area contributed by atoms with E-state index in [0.29, 0.717) is 30.4 Å². The summed E-state index contributed by atoms with van der Waals surface area (Å²) in [4.78, 5) is 38.6. The molecule has 0 saturated carbocycles. The molecular weight excluding hydrogens is 322 g/mol. The summed E-state index contributed by atoms with van der Waals surface area (Å²) in [5, 5.41) is 4.96. The molecule has 1 amide bonds. The summed E-state index contributed by atoms with van der Waals surface area (Å²) >= 11 is 0. The number of benzene rings is 1. The number of ether oxygens (including phenoxy) is 1.